The van der Waals surface area contributed by atoms with Crippen molar-refractivity contribution in [2.24, 2.45) is 57.2 Å². The molecule has 1 aliphatic heterocycles. The Labute approximate surface area is 295 Å². The maximum absolute atomic E-state index is 13.9. The van der Waals surface area contributed by atoms with E-state index >= 15 is 0 Å². The van der Waals surface area contributed by atoms with E-state index < -0.39 is 5.97 Å². The molecule has 6 aliphatic carbocycles. The van der Waals surface area contributed by atoms with E-state index in [2.05, 4.69) is 64.4 Å². The van der Waals surface area contributed by atoms with Crippen molar-refractivity contribution in [1.82, 2.24) is 10.2 Å². The Bertz CT molecular complexity index is 1580. The van der Waals surface area contributed by atoms with Crippen LogP contribution in [0.25, 0.3) is 5.57 Å². The molecule has 0 radical (unpaired) electrons. The second-order valence-corrected chi connectivity index (χ2v) is 19.6. The summed E-state index contributed by atoms with van der Waals surface area (Å²) in [7, 11) is 0. The summed E-state index contributed by atoms with van der Waals surface area (Å²) in [4.78, 5) is 28.0. The van der Waals surface area contributed by atoms with E-state index in [1.54, 1.807) is 12.1 Å². The first-order valence-corrected chi connectivity index (χ1v) is 19.9. The van der Waals surface area contributed by atoms with Crippen LogP contribution in [0.1, 0.15) is 135 Å². The summed E-state index contributed by atoms with van der Waals surface area (Å²) in [5.74, 6) is 3.04. The molecule has 5 heteroatoms. The van der Waals surface area contributed by atoms with Crippen molar-refractivity contribution in [2.45, 2.75) is 130 Å². The van der Waals surface area contributed by atoms with Gasteiger partial charge in [0, 0.05) is 18.1 Å². The second kappa shape index (κ2) is 11.3. The Morgan fingerprint density at radius 2 is 1.65 bits per heavy atom. The first-order valence-electron chi connectivity index (χ1n) is 19.9. The zero-order chi connectivity index (χ0) is 34.7. The molecule has 1 heterocycles. The summed E-state index contributed by atoms with van der Waals surface area (Å²) in [6.45, 7) is 21.5. The average molecular weight is 667 g/mol. The van der Waals surface area contributed by atoms with Gasteiger partial charge in [-0.15, -0.1) is 0 Å². The maximum Gasteiger partial charge on any atom is 0.335 e. The van der Waals surface area contributed by atoms with Crippen LogP contribution in [-0.4, -0.2) is 46.6 Å². The predicted molar refractivity (Wildman–Crippen MR) is 197 cm³/mol. The minimum absolute atomic E-state index is 0.00810. The molecule has 5 nitrogen and oxygen atoms in total. The van der Waals surface area contributed by atoms with Crippen molar-refractivity contribution >= 4 is 17.4 Å². The highest BCUT2D eigenvalue weighted by Crippen LogP contribution is 2.76. The number of carboxylic acids is 1. The van der Waals surface area contributed by atoms with Crippen LogP contribution in [0.2, 0.25) is 0 Å². The Morgan fingerprint density at radius 3 is 2.31 bits per heavy atom. The first-order chi connectivity index (χ1) is 23.1. The molecule has 0 spiro atoms. The molecular weight excluding hydrogens is 604 g/mol. The normalized spacial score (nSPS) is 45.0. The summed E-state index contributed by atoms with van der Waals surface area (Å²) in [5.41, 5.74) is 4.87. The van der Waals surface area contributed by atoms with E-state index in [0.29, 0.717) is 47.7 Å². The number of nitrogens with one attached hydrogen (secondary N) is 1. The van der Waals surface area contributed by atoms with Gasteiger partial charge in [-0.05, 0) is 164 Å². The molecule has 1 amide bonds. The number of hydrogen-bond acceptors (Lipinski definition) is 3. The first kappa shape index (κ1) is 33.7. The third kappa shape index (κ3) is 4.78. The van der Waals surface area contributed by atoms with E-state index in [-0.39, 0.29) is 33.1 Å². The molecular formula is C44H62N2O3. The lowest BCUT2D eigenvalue weighted by atomic mass is 9.33. The smallest absolute Gasteiger partial charge is 0.335 e. The van der Waals surface area contributed by atoms with Gasteiger partial charge in [0.1, 0.15) is 0 Å². The highest BCUT2D eigenvalue weighted by atomic mass is 16.4. The fraction of sp³-hybridized carbons (Fsp3) is 0.727. The molecule has 266 valence electrons. The number of benzene rings is 1. The summed E-state index contributed by atoms with van der Waals surface area (Å²) >= 11 is 0. The number of rotatable bonds is 6. The van der Waals surface area contributed by atoms with Gasteiger partial charge in [0.2, 0.25) is 5.91 Å². The van der Waals surface area contributed by atoms with Crippen molar-refractivity contribution < 1.29 is 14.7 Å². The number of amides is 1. The molecule has 1 saturated heterocycles. The van der Waals surface area contributed by atoms with Crippen LogP contribution in [0.5, 0.6) is 0 Å². The molecule has 0 unspecified atom stereocenters. The number of aromatic carboxylic acids is 1. The van der Waals surface area contributed by atoms with Gasteiger partial charge in [-0.1, -0.05) is 65.0 Å². The molecule has 1 aromatic carbocycles. The third-order valence-electron chi connectivity index (χ3n) is 17.3. The fourth-order valence-electron chi connectivity index (χ4n) is 15.0. The standard InChI is InChI=1S/C44H62N2O3/c1-27(2)32-16-21-44(45-37(47)26-46-25-28-8-13-31(46)24-28)23-22-42(6)34(38(32)44)14-15-36-41(5)19-17-33(29-9-11-30(12-10-29)39(48)49)40(3,4)35(41)18-20-43(36,42)7/h9-12,17,28,31-32,34-36,38H,1,8,13-16,18-26H2,2-7H3,(H,45,47)(H,48,49)/t28-,31+,32+,34-,35+,36-,38-,41+,42-,43-,44+/m1/s1. The fourth-order valence-corrected chi connectivity index (χ4v) is 15.0. The minimum atomic E-state index is -0.866. The number of hydrogen-bond donors (Lipinski definition) is 2. The van der Waals surface area contributed by atoms with Gasteiger partial charge in [-0.3, -0.25) is 9.69 Å². The van der Waals surface area contributed by atoms with Crippen molar-refractivity contribution in [1.29, 1.82) is 0 Å². The predicted octanol–water partition coefficient (Wildman–Crippen LogP) is 9.39. The number of carbonyl (C=O) groups is 2. The van der Waals surface area contributed by atoms with Crippen LogP contribution in [0.4, 0.5) is 0 Å². The molecule has 49 heavy (non-hydrogen) atoms. The number of carbonyl (C=O) groups excluding carboxylic acids is 1. The highest BCUT2D eigenvalue weighted by molar-refractivity contribution is 5.88. The maximum atomic E-state index is 13.9. The van der Waals surface area contributed by atoms with Crippen LogP contribution < -0.4 is 5.32 Å². The molecule has 1 aromatic rings. The summed E-state index contributed by atoms with van der Waals surface area (Å²) in [6.07, 6.45) is 17.2. The van der Waals surface area contributed by atoms with E-state index in [4.69, 9.17) is 0 Å². The molecule has 6 fully saturated rings. The van der Waals surface area contributed by atoms with Crippen molar-refractivity contribution in [3.8, 4) is 0 Å². The van der Waals surface area contributed by atoms with Gasteiger partial charge in [-0.25, -0.2) is 4.79 Å². The van der Waals surface area contributed by atoms with E-state index in [0.717, 1.165) is 38.1 Å². The third-order valence-corrected chi connectivity index (χ3v) is 17.3. The van der Waals surface area contributed by atoms with Crippen molar-refractivity contribution in [3.05, 3.63) is 53.6 Å². The van der Waals surface area contributed by atoms with Crippen LogP contribution >= 0.6 is 0 Å². The highest BCUT2D eigenvalue weighted by Gasteiger charge is 2.70. The lowest BCUT2D eigenvalue weighted by Crippen LogP contribution is -2.68. The SMILES string of the molecule is C=C(C)[C@@H]1CC[C@]2(NC(=O)CN3C[C@@H]4CC[C@H]3C4)CC[C@]3(C)[C@H](CC[C@@H]4[C@@]5(C)CC=C(c6ccc(C(=O)O)cc6)C(C)(C)[C@@H]5CC[C@]43C)[C@@H]12. The molecule has 2 N–H and O–H groups in total. The Kier molecular flexibility index (Phi) is 7.78. The van der Waals surface area contributed by atoms with Crippen LogP contribution in [0.15, 0.2) is 42.5 Å². The van der Waals surface area contributed by atoms with Crippen LogP contribution in [0, 0.1) is 57.2 Å². The number of carboxylic acid groups (broad SMARTS) is 1. The Morgan fingerprint density at radius 1 is 0.898 bits per heavy atom. The second-order valence-electron chi connectivity index (χ2n) is 19.6. The van der Waals surface area contributed by atoms with Gasteiger partial charge >= 0.3 is 5.97 Å². The van der Waals surface area contributed by atoms with Crippen molar-refractivity contribution in [3.63, 3.8) is 0 Å². The topological polar surface area (TPSA) is 69.6 Å². The van der Waals surface area contributed by atoms with Gasteiger partial charge < -0.3 is 10.4 Å². The van der Waals surface area contributed by atoms with Crippen LogP contribution in [-0.2, 0) is 4.79 Å². The largest absolute Gasteiger partial charge is 0.478 e. The molecule has 2 bridgehead atoms. The number of allylic oxidation sites excluding steroid dienone is 3. The van der Waals surface area contributed by atoms with Gasteiger partial charge in [0.05, 0.1) is 12.1 Å². The summed E-state index contributed by atoms with van der Waals surface area (Å²) in [6, 6.07) is 8.23. The number of nitrogens with zero attached hydrogens (tertiary/aromatic N) is 1. The molecule has 11 atom stereocenters. The van der Waals surface area contributed by atoms with Crippen molar-refractivity contribution in [2.75, 3.05) is 13.1 Å². The van der Waals surface area contributed by atoms with E-state index in [1.165, 1.54) is 68.1 Å². The molecule has 0 aromatic heterocycles. The zero-order valence-corrected chi connectivity index (χ0v) is 31.2. The van der Waals surface area contributed by atoms with Crippen LogP contribution in [0.3, 0.4) is 0 Å². The van der Waals surface area contributed by atoms with E-state index in [1.807, 2.05) is 12.1 Å². The van der Waals surface area contributed by atoms with Gasteiger partial charge in [-0.2, -0.15) is 0 Å². The molecule has 7 aliphatic rings. The quantitative estimate of drug-likeness (QED) is 0.297. The minimum Gasteiger partial charge on any atom is -0.478 e. The molecule has 5 saturated carbocycles. The lowest BCUT2D eigenvalue weighted by Gasteiger charge is -2.72. The van der Waals surface area contributed by atoms with Gasteiger partial charge in [0.15, 0.2) is 0 Å². The lowest BCUT2D eigenvalue weighted by molar-refractivity contribution is -0.219. The number of likely N-dealkylation sites (tertiary alicyclic amines) is 1. The summed E-state index contributed by atoms with van der Waals surface area (Å²) in [5, 5.41) is 13.3. The Hall–Kier alpha value is -2.40. The average Bonchev–Trinajstić information content (AvgIpc) is 3.76. The van der Waals surface area contributed by atoms with Gasteiger partial charge in [0.25, 0.3) is 0 Å². The van der Waals surface area contributed by atoms with E-state index in [9.17, 15) is 14.7 Å². The Balaban J connectivity index is 1.08. The number of fused-ring (bicyclic) bond motifs is 9. The monoisotopic (exact) mass is 666 g/mol. The zero-order valence-electron chi connectivity index (χ0n) is 31.2. The number of piperidine rings is 1. The molecule has 8 rings (SSSR count). The summed E-state index contributed by atoms with van der Waals surface area (Å²) < 4.78 is 0.